The second-order valence-electron chi connectivity index (χ2n) is 4.89. The van der Waals surface area contributed by atoms with Crippen LogP contribution < -0.4 is 11.1 Å². The van der Waals surface area contributed by atoms with E-state index in [9.17, 15) is 4.79 Å². The number of rotatable bonds is 4. The molecule has 0 aliphatic carbocycles. The Morgan fingerprint density at radius 2 is 2.26 bits per heavy atom. The first-order valence-electron chi connectivity index (χ1n) is 6.37. The molecule has 0 spiro atoms. The minimum atomic E-state index is -0.433. The summed E-state index contributed by atoms with van der Waals surface area (Å²) >= 11 is 1.21. The van der Waals surface area contributed by atoms with Gasteiger partial charge in [-0.25, -0.2) is 4.79 Å². The van der Waals surface area contributed by atoms with E-state index in [2.05, 4.69) is 21.6 Å². The number of carbonyl (C=O) groups excluding carboxylic acids is 1. The number of anilines is 2. The number of piperidine rings is 1. The fourth-order valence-corrected chi connectivity index (χ4v) is 2.93. The number of hydrogen-bond donors (Lipinski definition) is 2. The van der Waals surface area contributed by atoms with Crippen LogP contribution in [-0.2, 0) is 4.74 Å². The van der Waals surface area contributed by atoms with Gasteiger partial charge in [0.1, 0.15) is 10.6 Å². The lowest BCUT2D eigenvalue weighted by atomic mass is 9.97. The molecule has 1 aromatic rings. The highest BCUT2D eigenvalue weighted by molar-refractivity contribution is 7.11. The zero-order valence-electron chi connectivity index (χ0n) is 11.3. The van der Waals surface area contributed by atoms with Crippen LogP contribution in [0.25, 0.3) is 0 Å². The van der Waals surface area contributed by atoms with E-state index >= 15 is 0 Å². The lowest BCUT2D eigenvalue weighted by Gasteiger charge is -2.29. The third kappa shape index (κ3) is 3.36. The van der Waals surface area contributed by atoms with Crippen LogP contribution >= 0.6 is 11.5 Å². The van der Waals surface area contributed by atoms with Crippen LogP contribution in [0.5, 0.6) is 0 Å². The lowest BCUT2D eigenvalue weighted by molar-refractivity contribution is 0.0603. The van der Waals surface area contributed by atoms with Gasteiger partial charge in [0.05, 0.1) is 7.11 Å². The van der Waals surface area contributed by atoms with Gasteiger partial charge in [0.2, 0.25) is 0 Å². The number of esters is 1. The van der Waals surface area contributed by atoms with Crippen molar-refractivity contribution in [2.24, 2.45) is 5.92 Å². The summed E-state index contributed by atoms with van der Waals surface area (Å²) in [5, 5.41) is 4.00. The first-order chi connectivity index (χ1) is 9.11. The van der Waals surface area contributed by atoms with Gasteiger partial charge in [-0.05, 0) is 50.4 Å². The molecule has 1 saturated heterocycles. The Kier molecular flexibility index (Phi) is 4.60. The second kappa shape index (κ2) is 6.21. The number of carbonyl (C=O) groups is 1. The summed E-state index contributed by atoms with van der Waals surface area (Å²) in [6.07, 6.45) is 2.34. The number of nitrogen functional groups attached to an aromatic ring is 1. The molecule has 19 heavy (non-hydrogen) atoms. The molecule has 2 heterocycles. The second-order valence-corrected chi connectivity index (χ2v) is 5.66. The standard InChI is InChI=1S/C12H20N4O2S/c1-16-5-3-8(4-6-16)7-14-11-9(12(17)18-2)10(13)15-19-11/h8,14H,3-7H2,1-2H3,(H2,13,15). The maximum Gasteiger partial charge on any atom is 0.344 e. The summed E-state index contributed by atoms with van der Waals surface area (Å²) < 4.78 is 8.73. The minimum Gasteiger partial charge on any atom is -0.465 e. The minimum absolute atomic E-state index is 0.239. The molecule has 1 aliphatic heterocycles. The van der Waals surface area contributed by atoms with Gasteiger partial charge >= 0.3 is 5.97 Å². The Labute approximate surface area is 117 Å². The maximum atomic E-state index is 11.6. The summed E-state index contributed by atoms with van der Waals surface area (Å²) in [5.74, 6) is 0.435. The number of methoxy groups -OCH3 is 1. The van der Waals surface area contributed by atoms with E-state index in [-0.39, 0.29) is 5.82 Å². The van der Waals surface area contributed by atoms with Crippen molar-refractivity contribution in [3.63, 3.8) is 0 Å². The Morgan fingerprint density at radius 3 is 2.89 bits per heavy atom. The fraction of sp³-hybridized carbons (Fsp3) is 0.667. The summed E-state index contributed by atoms with van der Waals surface area (Å²) in [7, 11) is 3.49. The molecule has 0 aromatic carbocycles. The highest BCUT2D eigenvalue weighted by Crippen LogP contribution is 2.28. The van der Waals surface area contributed by atoms with Crippen molar-refractivity contribution >= 4 is 28.3 Å². The van der Waals surface area contributed by atoms with Crippen LogP contribution in [-0.4, -0.2) is 49.0 Å². The zero-order valence-corrected chi connectivity index (χ0v) is 12.1. The summed E-state index contributed by atoms with van der Waals surface area (Å²) in [5.41, 5.74) is 6.06. The molecule has 0 saturated carbocycles. The summed E-state index contributed by atoms with van der Waals surface area (Å²) in [4.78, 5) is 14.0. The normalized spacial score (nSPS) is 17.4. The molecule has 0 bridgehead atoms. The molecule has 0 atom stereocenters. The van der Waals surface area contributed by atoms with Crippen LogP contribution in [0.3, 0.4) is 0 Å². The molecule has 106 valence electrons. The van der Waals surface area contributed by atoms with E-state index in [4.69, 9.17) is 10.5 Å². The molecule has 0 amide bonds. The SMILES string of the molecule is COC(=O)c1c(N)nsc1NCC1CCN(C)CC1. The van der Waals surface area contributed by atoms with Crippen molar-refractivity contribution in [2.75, 3.05) is 44.8 Å². The van der Waals surface area contributed by atoms with Gasteiger partial charge in [0.25, 0.3) is 0 Å². The first-order valence-corrected chi connectivity index (χ1v) is 7.15. The fourth-order valence-electron chi connectivity index (χ4n) is 2.23. The van der Waals surface area contributed by atoms with Crippen molar-refractivity contribution in [1.29, 1.82) is 0 Å². The topological polar surface area (TPSA) is 80.5 Å². The quantitative estimate of drug-likeness (QED) is 0.810. The van der Waals surface area contributed by atoms with E-state index in [0.717, 1.165) is 19.6 Å². The number of likely N-dealkylation sites (tertiary alicyclic amines) is 1. The van der Waals surface area contributed by atoms with Crippen molar-refractivity contribution in [3.05, 3.63) is 5.56 Å². The van der Waals surface area contributed by atoms with Gasteiger partial charge in [0, 0.05) is 6.54 Å². The van der Waals surface area contributed by atoms with Crippen LogP contribution in [0.15, 0.2) is 0 Å². The molecule has 1 aliphatic rings. The number of hydrogen-bond acceptors (Lipinski definition) is 7. The average molecular weight is 284 g/mol. The largest absolute Gasteiger partial charge is 0.465 e. The number of nitrogens with two attached hydrogens (primary N) is 1. The molecule has 7 heteroatoms. The summed E-state index contributed by atoms with van der Waals surface area (Å²) in [6, 6.07) is 0. The monoisotopic (exact) mass is 284 g/mol. The van der Waals surface area contributed by atoms with Gasteiger partial charge in [-0.1, -0.05) is 0 Å². The van der Waals surface area contributed by atoms with Crippen molar-refractivity contribution in [2.45, 2.75) is 12.8 Å². The average Bonchev–Trinajstić information content (AvgIpc) is 2.78. The van der Waals surface area contributed by atoms with Crippen molar-refractivity contribution < 1.29 is 9.53 Å². The van der Waals surface area contributed by atoms with E-state index in [0.29, 0.717) is 16.5 Å². The molecule has 6 nitrogen and oxygen atoms in total. The number of nitrogens with zero attached hydrogens (tertiary/aromatic N) is 2. The van der Waals surface area contributed by atoms with E-state index < -0.39 is 5.97 Å². The van der Waals surface area contributed by atoms with Crippen LogP contribution in [0, 0.1) is 5.92 Å². The maximum absolute atomic E-state index is 11.6. The first kappa shape index (κ1) is 14.1. The molecule has 0 radical (unpaired) electrons. The molecule has 2 rings (SSSR count). The smallest absolute Gasteiger partial charge is 0.344 e. The molecule has 1 fully saturated rings. The Balaban J connectivity index is 1.94. The Hall–Kier alpha value is -1.34. The third-order valence-corrected chi connectivity index (χ3v) is 4.32. The molecule has 1 aromatic heterocycles. The molecule has 3 N–H and O–H groups in total. The number of nitrogens with one attached hydrogen (secondary N) is 1. The number of aromatic nitrogens is 1. The zero-order chi connectivity index (χ0) is 13.8. The van der Waals surface area contributed by atoms with Gasteiger partial charge in [-0.3, -0.25) is 0 Å². The van der Waals surface area contributed by atoms with Gasteiger partial charge < -0.3 is 20.7 Å². The molecular formula is C12H20N4O2S. The van der Waals surface area contributed by atoms with Crippen LogP contribution in [0.1, 0.15) is 23.2 Å². The number of ether oxygens (including phenoxy) is 1. The summed E-state index contributed by atoms with van der Waals surface area (Å²) in [6.45, 7) is 3.10. The Morgan fingerprint density at radius 1 is 1.58 bits per heavy atom. The van der Waals surface area contributed by atoms with Gasteiger partial charge in [-0.15, -0.1) is 0 Å². The predicted octanol–water partition coefficient (Wildman–Crippen LogP) is 1.27. The Bertz CT molecular complexity index is 441. The van der Waals surface area contributed by atoms with Gasteiger partial charge in [0.15, 0.2) is 5.82 Å². The van der Waals surface area contributed by atoms with Crippen LogP contribution in [0.4, 0.5) is 10.8 Å². The predicted molar refractivity (Wildman–Crippen MR) is 76.6 cm³/mol. The van der Waals surface area contributed by atoms with Crippen LogP contribution in [0.2, 0.25) is 0 Å². The van der Waals surface area contributed by atoms with E-state index in [1.807, 2.05) is 0 Å². The van der Waals surface area contributed by atoms with E-state index in [1.54, 1.807) is 0 Å². The molecular weight excluding hydrogens is 264 g/mol. The van der Waals surface area contributed by atoms with Crippen molar-refractivity contribution in [1.82, 2.24) is 9.27 Å². The van der Waals surface area contributed by atoms with Crippen molar-refractivity contribution in [3.8, 4) is 0 Å². The highest BCUT2D eigenvalue weighted by Gasteiger charge is 2.22. The highest BCUT2D eigenvalue weighted by atomic mass is 32.1. The third-order valence-electron chi connectivity index (χ3n) is 3.50. The molecule has 0 unspecified atom stereocenters. The lowest BCUT2D eigenvalue weighted by Crippen LogP contribution is -2.33. The van der Waals surface area contributed by atoms with E-state index in [1.165, 1.54) is 31.5 Å². The van der Waals surface area contributed by atoms with Gasteiger partial charge in [-0.2, -0.15) is 4.37 Å².